The Labute approximate surface area is 163 Å². The molecule has 1 aliphatic rings. The van der Waals surface area contributed by atoms with E-state index in [4.69, 9.17) is 4.74 Å². The first kappa shape index (κ1) is 19.4. The van der Waals surface area contributed by atoms with Crippen molar-refractivity contribution in [3.63, 3.8) is 0 Å². The molecule has 0 atom stereocenters. The number of pyridine rings is 1. The van der Waals surface area contributed by atoms with E-state index in [1.165, 1.54) is 17.7 Å². The molecule has 0 aromatic carbocycles. The molecule has 3 heterocycles. The van der Waals surface area contributed by atoms with E-state index >= 15 is 0 Å². The van der Waals surface area contributed by atoms with Crippen LogP contribution in [-0.2, 0) is 16.4 Å². The maximum absolute atomic E-state index is 14.3. The van der Waals surface area contributed by atoms with E-state index in [2.05, 4.69) is 15.0 Å². The number of ether oxygens (including phenoxy) is 1. The second kappa shape index (κ2) is 7.17. The summed E-state index contributed by atoms with van der Waals surface area (Å²) in [5, 5.41) is -0.265. The highest BCUT2D eigenvalue weighted by molar-refractivity contribution is 7.92. The average Bonchev–Trinajstić information content (AvgIpc) is 3.41. The van der Waals surface area contributed by atoms with Crippen LogP contribution in [0.1, 0.15) is 30.0 Å². The number of anilines is 1. The molecule has 0 amide bonds. The Kier molecular flexibility index (Phi) is 4.81. The Bertz CT molecular complexity index is 1180. The highest BCUT2D eigenvalue weighted by Crippen LogP contribution is 2.39. The molecule has 1 saturated carbocycles. The lowest BCUT2D eigenvalue weighted by Crippen LogP contribution is -2.18. The van der Waals surface area contributed by atoms with Gasteiger partial charge in [-0.15, -0.1) is 0 Å². The molecule has 1 aliphatic carbocycles. The van der Waals surface area contributed by atoms with Gasteiger partial charge in [-0.25, -0.2) is 23.1 Å². The lowest BCUT2D eigenvalue weighted by atomic mass is 10.2. The Morgan fingerprint density at radius 2 is 2.10 bits per heavy atom. The molecule has 29 heavy (non-hydrogen) atoms. The average molecular weight is 427 g/mol. The Balaban J connectivity index is 1.67. The van der Waals surface area contributed by atoms with Crippen molar-refractivity contribution < 1.29 is 26.3 Å². The Morgan fingerprint density at radius 3 is 2.76 bits per heavy atom. The number of nitrogens with zero attached hydrogens (tertiary/aromatic N) is 4. The number of hydrogen-bond acceptors (Lipinski definition) is 6. The molecule has 1 fully saturated rings. The lowest BCUT2D eigenvalue weighted by molar-refractivity contribution is 0.147. The fourth-order valence-corrected chi connectivity index (χ4v) is 4.01. The van der Waals surface area contributed by atoms with Crippen molar-refractivity contribution in [2.45, 2.75) is 36.6 Å². The van der Waals surface area contributed by atoms with Crippen LogP contribution >= 0.6 is 0 Å². The lowest BCUT2D eigenvalue weighted by Gasteiger charge is -2.12. The van der Waals surface area contributed by atoms with Gasteiger partial charge in [-0.05, 0) is 25.0 Å². The quantitative estimate of drug-likeness (QED) is 0.623. The molecule has 12 heteroatoms. The maximum atomic E-state index is 14.3. The second-order valence-electron chi connectivity index (χ2n) is 6.58. The highest BCUT2D eigenvalue weighted by atomic mass is 32.2. The number of alkyl halides is 2. The summed E-state index contributed by atoms with van der Waals surface area (Å²) in [5.41, 5.74) is 0.668. The maximum Gasteiger partial charge on any atom is 0.280 e. The monoisotopic (exact) mass is 427 g/mol. The molecule has 0 radical (unpaired) electrons. The van der Waals surface area contributed by atoms with E-state index in [9.17, 15) is 21.6 Å². The zero-order valence-corrected chi connectivity index (χ0v) is 16.0. The van der Waals surface area contributed by atoms with Crippen molar-refractivity contribution in [2.75, 3.05) is 11.8 Å². The van der Waals surface area contributed by atoms with Gasteiger partial charge in [0.15, 0.2) is 16.7 Å². The van der Waals surface area contributed by atoms with Gasteiger partial charge >= 0.3 is 0 Å². The van der Waals surface area contributed by atoms with Gasteiger partial charge in [0, 0.05) is 29.8 Å². The molecule has 0 bridgehead atoms. The van der Waals surface area contributed by atoms with Gasteiger partial charge in [0.2, 0.25) is 18.1 Å². The van der Waals surface area contributed by atoms with Gasteiger partial charge < -0.3 is 4.74 Å². The summed E-state index contributed by atoms with van der Waals surface area (Å²) in [5.74, 6) is -1.50. The van der Waals surface area contributed by atoms with Crippen LogP contribution in [0.4, 0.5) is 19.0 Å². The first-order valence-electron chi connectivity index (χ1n) is 8.67. The third-order valence-electron chi connectivity index (χ3n) is 4.45. The third-order valence-corrected chi connectivity index (χ3v) is 5.77. The summed E-state index contributed by atoms with van der Waals surface area (Å²) in [6, 6.07) is 2.49. The first-order chi connectivity index (χ1) is 13.8. The van der Waals surface area contributed by atoms with Gasteiger partial charge in [-0.2, -0.15) is 13.4 Å². The van der Waals surface area contributed by atoms with E-state index in [0.717, 1.165) is 30.8 Å². The van der Waals surface area contributed by atoms with Crippen LogP contribution in [0.25, 0.3) is 5.78 Å². The zero-order chi connectivity index (χ0) is 20.8. The fraction of sp³-hybridized carbons (Fsp3) is 0.353. The van der Waals surface area contributed by atoms with Gasteiger partial charge in [0.05, 0.1) is 13.3 Å². The fourth-order valence-electron chi connectivity index (χ4n) is 2.92. The number of imidazole rings is 1. The minimum atomic E-state index is -4.29. The van der Waals surface area contributed by atoms with Crippen molar-refractivity contribution in [3.05, 3.63) is 41.6 Å². The van der Waals surface area contributed by atoms with E-state index in [1.807, 2.05) is 4.72 Å². The second-order valence-corrected chi connectivity index (χ2v) is 8.21. The number of nitrogens with one attached hydrogen (secondary N) is 1. The Hall–Kier alpha value is -2.89. The summed E-state index contributed by atoms with van der Waals surface area (Å²) in [6.45, 7) is 0. The summed E-state index contributed by atoms with van der Waals surface area (Å²) in [4.78, 5) is 12.1. The number of aromatic nitrogens is 4. The number of rotatable bonds is 7. The highest BCUT2D eigenvalue weighted by Gasteiger charge is 2.27. The summed E-state index contributed by atoms with van der Waals surface area (Å²) in [7, 11) is -3.13. The predicted octanol–water partition coefficient (Wildman–Crippen LogP) is 2.76. The van der Waals surface area contributed by atoms with E-state index in [1.54, 1.807) is 6.07 Å². The topological polar surface area (TPSA) is 98.5 Å². The largest absolute Gasteiger partial charge is 0.481 e. The molecule has 0 saturated heterocycles. The van der Waals surface area contributed by atoms with Gasteiger partial charge in [-0.3, -0.25) is 9.12 Å². The Morgan fingerprint density at radius 1 is 1.34 bits per heavy atom. The van der Waals surface area contributed by atoms with Crippen LogP contribution in [0, 0.1) is 5.82 Å². The molecule has 0 spiro atoms. The van der Waals surface area contributed by atoms with Crippen LogP contribution in [0.5, 0.6) is 5.88 Å². The SMILES string of the molecule is COc1nc(NS(=O)(=O)c2cnc3nc(C4CC4)ccn23)c(F)cc1CC(F)F. The molecule has 3 aromatic heterocycles. The number of sulfonamides is 1. The zero-order valence-electron chi connectivity index (χ0n) is 15.1. The number of fused-ring (bicyclic) bond motifs is 1. The smallest absolute Gasteiger partial charge is 0.280 e. The summed E-state index contributed by atoms with van der Waals surface area (Å²) >= 11 is 0. The van der Waals surface area contributed by atoms with Crippen molar-refractivity contribution in [1.29, 1.82) is 0 Å². The van der Waals surface area contributed by atoms with E-state index in [-0.39, 0.29) is 22.2 Å². The number of halogens is 3. The van der Waals surface area contributed by atoms with Crippen LogP contribution in [0.2, 0.25) is 0 Å². The summed E-state index contributed by atoms with van der Waals surface area (Å²) < 4.78 is 73.2. The normalized spacial score (nSPS) is 14.5. The molecule has 154 valence electrons. The molecular formula is C17H16F3N5O3S. The van der Waals surface area contributed by atoms with Crippen molar-refractivity contribution in [3.8, 4) is 5.88 Å². The molecule has 3 aromatic rings. The van der Waals surface area contributed by atoms with Crippen LogP contribution in [0.3, 0.4) is 0 Å². The first-order valence-corrected chi connectivity index (χ1v) is 10.1. The predicted molar refractivity (Wildman–Crippen MR) is 96.2 cm³/mol. The van der Waals surface area contributed by atoms with Gasteiger partial charge in [0.1, 0.15) is 0 Å². The van der Waals surface area contributed by atoms with E-state index in [0.29, 0.717) is 5.92 Å². The van der Waals surface area contributed by atoms with Crippen molar-refractivity contribution in [2.24, 2.45) is 0 Å². The van der Waals surface area contributed by atoms with Crippen LogP contribution in [0.15, 0.2) is 29.6 Å². The molecule has 0 aliphatic heterocycles. The van der Waals surface area contributed by atoms with Crippen LogP contribution in [-0.4, -0.2) is 41.3 Å². The van der Waals surface area contributed by atoms with Crippen molar-refractivity contribution >= 4 is 21.6 Å². The van der Waals surface area contributed by atoms with Crippen molar-refractivity contribution in [1.82, 2.24) is 19.4 Å². The van der Waals surface area contributed by atoms with Gasteiger partial charge in [-0.1, -0.05) is 0 Å². The summed E-state index contributed by atoms with van der Waals surface area (Å²) in [6.07, 6.45) is 1.19. The molecular weight excluding hydrogens is 411 g/mol. The van der Waals surface area contributed by atoms with Gasteiger partial charge in [0.25, 0.3) is 10.0 Å². The standard InChI is InChI=1S/C17H16F3N5O3S/c1-28-16-10(7-13(19)20)6-11(18)15(23-16)24-29(26,27)14-8-21-17-22-12(9-2-3-9)4-5-25(14)17/h4-6,8-9,13H,2-3,7H2,1H3,(H,23,24). The van der Waals surface area contributed by atoms with E-state index < -0.39 is 34.5 Å². The molecule has 8 nitrogen and oxygen atoms in total. The number of hydrogen-bond donors (Lipinski definition) is 1. The minimum absolute atomic E-state index is 0.172. The third kappa shape index (κ3) is 3.84. The van der Waals surface area contributed by atoms with Crippen LogP contribution < -0.4 is 9.46 Å². The minimum Gasteiger partial charge on any atom is -0.481 e. The molecule has 1 N–H and O–H groups in total. The molecule has 0 unspecified atom stereocenters. The molecule has 4 rings (SSSR count). The number of methoxy groups -OCH3 is 1.